The summed E-state index contributed by atoms with van der Waals surface area (Å²) in [6, 6.07) is -0.831. The maximum Gasteiger partial charge on any atom is 0.220 e. The lowest BCUT2D eigenvalue weighted by Crippen LogP contribution is -2.60. The standard InChI is InChI=1S/C69H121NO8/c1-3-5-7-9-11-13-15-17-19-21-23-24-25-26-27-28-29-30-31-32-33-34-35-36-37-38-39-40-41-43-45-47-49-51-53-55-57-59-65(73)70-62(61-77-69-68(76)67(75)66(74)64(60-71)78-69)63(72)58-56-54-52-50-48-46-44-42-22-20-18-16-14-12-10-8-6-4-2/h5,7,11,13,17,19,22-24,26-27,42,48,50,56,58,62-64,66-69,71-72,74-76H,3-4,6,8-10,12,14-16,18,20-21,25,28-41,43-47,49,51-55,57,59-61H2,1-2H3,(H,70,73)/b7-5-,13-11-,19-17-,24-23-,27-26-,42-22+,50-48+,58-56+. The first kappa shape index (κ1) is 73.1. The van der Waals surface area contributed by atoms with E-state index in [4.69, 9.17) is 9.47 Å². The third kappa shape index (κ3) is 45.8. The van der Waals surface area contributed by atoms with Crippen molar-refractivity contribution in [3.8, 4) is 0 Å². The minimum atomic E-state index is -1.58. The molecule has 0 aromatic rings. The first-order valence-electron chi connectivity index (χ1n) is 32.5. The van der Waals surface area contributed by atoms with Crippen LogP contribution >= 0.6 is 0 Å². The third-order valence-electron chi connectivity index (χ3n) is 14.9. The molecule has 9 heteroatoms. The Bertz CT molecular complexity index is 1550. The number of aliphatic hydroxyl groups is 5. The van der Waals surface area contributed by atoms with Gasteiger partial charge in [-0.05, 0) is 89.9 Å². The van der Waals surface area contributed by atoms with Gasteiger partial charge in [-0.2, -0.15) is 0 Å². The lowest BCUT2D eigenvalue weighted by molar-refractivity contribution is -0.302. The second kappa shape index (κ2) is 57.3. The molecule has 1 fully saturated rings. The monoisotopic (exact) mass is 1090 g/mol. The Morgan fingerprint density at radius 2 is 0.808 bits per heavy atom. The van der Waals surface area contributed by atoms with Gasteiger partial charge in [-0.15, -0.1) is 0 Å². The van der Waals surface area contributed by atoms with Gasteiger partial charge in [0, 0.05) is 6.42 Å². The number of nitrogens with one attached hydrogen (secondary N) is 1. The van der Waals surface area contributed by atoms with Gasteiger partial charge in [-0.3, -0.25) is 4.79 Å². The van der Waals surface area contributed by atoms with Crippen LogP contribution in [0, 0.1) is 0 Å². The van der Waals surface area contributed by atoms with E-state index in [1.165, 1.54) is 173 Å². The second-order valence-corrected chi connectivity index (χ2v) is 22.2. The van der Waals surface area contributed by atoms with E-state index in [0.717, 1.165) is 83.5 Å². The largest absolute Gasteiger partial charge is 0.394 e. The molecule has 1 rings (SSSR count). The Morgan fingerprint density at radius 3 is 1.23 bits per heavy atom. The lowest BCUT2D eigenvalue weighted by Gasteiger charge is -2.40. The Morgan fingerprint density at radius 1 is 0.449 bits per heavy atom. The number of unbranched alkanes of at least 4 members (excludes halogenated alkanes) is 31. The molecule has 0 spiro atoms. The van der Waals surface area contributed by atoms with Gasteiger partial charge in [0.25, 0.3) is 0 Å². The molecule has 1 saturated heterocycles. The van der Waals surface area contributed by atoms with Crippen LogP contribution in [-0.4, -0.2) is 87.5 Å². The van der Waals surface area contributed by atoms with E-state index in [9.17, 15) is 30.3 Å². The predicted octanol–water partition coefficient (Wildman–Crippen LogP) is 17.1. The molecular formula is C69H121NO8. The van der Waals surface area contributed by atoms with Gasteiger partial charge in [-0.25, -0.2) is 0 Å². The van der Waals surface area contributed by atoms with Crippen molar-refractivity contribution in [1.82, 2.24) is 5.32 Å². The van der Waals surface area contributed by atoms with Crippen LogP contribution in [0.15, 0.2) is 97.2 Å². The smallest absolute Gasteiger partial charge is 0.220 e. The molecule has 1 heterocycles. The van der Waals surface area contributed by atoms with Crippen molar-refractivity contribution < 1.29 is 39.8 Å². The Hall–Kier alpha value is -2.89. The normalized spacial score (nSPS) is 19.3. The topological polar surface area (TPSA) is 149 Å². The molecule has 1 amide bonds. The highest BCUT2D eigenvalue weighted by atomic mass is 16.7. The fraction of sp³-hybridized carbons (Fsp3) is 0.754. The zero-order valence-electron chi connectivity index (χ0n) is 50.1. The molecule has 7 atom stereocenters. The maximum absolute atomic E-state index is 13.1. The Labute approximate surface area is 479 Å². The molecule has 9 nitrogen and oxygen atoms in total. The maximum atomic E-state index is 13.1. The average molecular weight is 1090 g/mol. The summed E-state index contributed by atoms with van der Waals surface area (Å²) in [5.41, 5.74) is 0. The number of ether oxygens (including phenoxy) is 2. The van der Waals surface area contributed by atoms with Gasteiger partial charge in [0.1, 0.15) is 24.4 Å². The molecule has 0 bridgehead atoms. The first-order chi connectivity index (χ1) is 38.3. The van der Waals surface area contributed by atoms with Crippen LogP contribution < -0.4 is 5.32 Å². The van der Waals surface area contributed by atoms with Crippen LogP contribution in [0.3, 0.4) is 0 Å². The Kier molecular flexibility index (Phi) is 53.8. The average Bonchev–Trinajstić information content (AvgIpc) is 3.45. The summed E-state index contributed by atoms with van der Waals surface area (Å²) < 4.78 is 11.3. The molecule has 1 aliphatic rings. The highest BCUT2D eigenvalue weighted by Gasteiger charge is 2.44. The predicted molar refractivity (Wildman–Crippen MR) is 331 cm³/mol. The number of hydrogen-bond acceptors (Lipinski definition) is 8. The van der Waals surface area contributed by atoms with Crippen LogP contribution in [0.1, 0.15) is 277 Å². The third-order valence-corrected chi connectivity index (χ3v) is 14.9. The number of allylic oxidation sites excluding steroid dienone is 15. The fourth-order valence-corrected chi connectivity index (χ4v) is 9.81. The SMILES string of the molecule is CC/C=C\C/C=C\C/C=C\C/C=C\C/C=C\CCCCCCCCCCCCCCCCCCCCCCCC(=O)NC(COC1OC(CO)C(O)C(O)C1O)C(O)/C=C/CC/C=C/CC/C=C/CCCCCCCCCC. The van der Waals surface area contributed by atoms with Crippen molar-refractivity contribution in [3.63, 3.8) is 0 Å². The first-order valence-corrected chi connectivity index (χ1v) is 32.5. The van der Waals surface area contributed by atoms with Gasteiger partial charge >= 0.3 is 0 Å². The molecule has 1 aliphatic heterocycles. The van der Waals surface area contributed by atoms with E-state index < -0.39 is 49.5 Å². The van der Waals surface area contributed by atoms with Gasteiger partial charge in [0.15, 0.2) is 6.29 Å². The highest BCUT2D eigenvalue weighted by molar-refractivity contribution is 5.76. The molecule has 78 heavy (non-hydrogen) atoms. The quantitative estimate of drug-likeness (QED) is 0.0261. The summed E-state index contributed by atoms with van der Waals surface area (Å²) in [6.45, 7) is 3.65. The highest BCUT2D eigenvalue weighted by Crippen LogP contribution is 2.23. The number of carbonyl (C=O) groups excluding carboxylic acids is 1. The van der Waals surface area contributed by atoms with E-state index in [1.54, 1.807) is 6.08 Å². The number of rotatable bonds is 55. The summed E-state index contributed by atoms with van der Waals surface area (Å²) >= 11 is 0. The molecule has 0 aromatic carbocycles. The van der Waals surface area contributed by atoms with Crippen molar-refractivity contribution >= 4 is 5.91 Å². The summed E-state index contributed by atoms with van der Waals surface area (Å²) in [4.78, 5) is 13.1. The van der Waals surface area contributed by atoms with Gasteiger partial charge < -0.3 is 40.3 Å². The van der Waals surface area contributed by atoms with Crippen LogP contribution in [0.5, 0.6) is 0 Å². The summed E-state index contributed by atoms with van der Waals surface area (Å²) in [5.74, 6) is -0.190. The minimum Gasteiger partial charge on any atom is -0.394 e. The van der Waals surface area contributed by atoms with E-state index in [1.807, 2.05) is 6.08 Å². The van der Waals surface area contributed by atoms with E-state index in [0.29, 0.717) is 6.42 Å². The van der Waals surface area contributed by atoms with Crippen molar-refractivity contribution in [1.29, 1.82) is 0 Å². The molecular weight excluding hydrogens is 971 g/mol. The number of carbonyl (C=O) groups is 1. The van der Waals surface area contributed by atoms with Crippen LogP contribution in [0.25, 0.3) is 0 Å². The molecule has 0 radical (unpaired) electrons. The Balaban J connectivity index is 2.12. The molecule has 0 aliphatic carbocycles. The summed E-state index contributed by atoms with van der Waals surface area (Å²) in [6.07, 6.45) is 76.5. The zero-order valence-corrected chi connectivity index (χ0v) is 50.1. The van der Waals surface area contributed by atoms with Crippen LogP contribution in [-0.2, 0) is 14.3 Å². The van der Waals surface area contributed by atoms with E-state index in [2.05, 4.69) is 104 Å². The number of amides is 1. The summed E-state index contributed by atoms with van der Waals surface area (Å²) in [5, 5.41) is 54.6. The second-order valence-electron chi connectivity index (χ2n) is 22.2. The van der Waals surface area contributed by atoms with Crippen LogP contribution in [0.4, 0.5) is 0 Å². The van der Waals surface area contributed by atoms with Gasteiger partial charge in [-0.1, -0.05) is 278 Å². The van der Waals surface area contributed by atoms with Crippen molar-refractivity contribution in [2.45, 2.75) is 320 Å². The van der Waals surface area contributed by atoms with Crippen molar-refractivity contribution in [2.75, 3.05) is 13.2 Å². The molecule has 7 unspecified atom stereocenters. The van der Waals surface area contributed by atoms with E-state index in [-0.39, 0.29) is 12.5 Å². The lowest BCUT2D eigenvalue weighted by atomic mass is 9.99. The summed E-state index contributed by atoms with van der Waals surface area (Å²) in [7, 11) is 0. The fourth-order valence-electron chi connectivity index (χ4n) is 9.81. The zero-order chi connectivity index (χ0) is 56.5. The van der Waals surface area contributed by atoms with Gasteiger partial charge in [0.05, 0.1) is 25.4 Å². The number of hydrogen-bond donors (Lipinski definition) is 6. The van der Waals surface area contributed by atoms with E-state index >= 15 is 0 Å². The minimum absolute atomic E-state index is 0.190. The van der Waals surface area contributed by atoms with Gasteiger partial charge in [0.2, 0.25) is 5.91 Å². The molecule has 6 N–H and O–H groups in total. The molecule has 450 valence electrons. The number of aliphatic hydroxyl groups excluding tert-OH is 5. The molecule has 0 saturated carbocycles. The van der Waals surface area contributed by atoms with Crippen molar-refractivity contribution in [2.24, 2.45) is 0 Å². The molecule has 0 aromatic heterocycles. The van der Waals surface area contributed by atoms with Crippen molar-refractivity contribution in [3.05, 3.63) is 97.2 Å². The van der Waals surface area contributed by atoms with Crippen LogP contribution in [0.2, 0.25) is 0 Å².